The van der Waals surface area contributed by atoms with Crippen LogP contribution in [0, 0.1) is 0 Å². The Bertz CT molecular complexity index is 1760. The molecule has 48 heavy (non-hydrogen) atoms. The van der Waals surface area contributed by atoms with Gasteiger partial charge in [0.05, 0.1) is 51.2 Å². The fraction of sp³-hybridized carbons (Fsp3) is 0.308. The fourth-order valence-electron chi connectivity index (χ4n) is 6.55. The summed E-state index contributed by atoms with van der Waals surface area (Å²) in [6.07, 6.45) is 3.00. The monoisotopic (exact) mass is 646 g/mol. The van der Waals surface area contributed by atoms with Gasteiger partial charge in [0.2, 0.25) is 0 Å². The summed E-state index contributed by atoms with van der Waals surface area (Å²) in [5.41, 5.74) is 8.90. The van der Waals surface area contributed by atoms with E-state index in [2.05, 4.69) is 26.0 Å². The first-order valence-electron chi connectivity index (χ1n) is 16.4. The third kappa shape index (κ3) is 6.08. The highest BCUT2D eigenvalue weighted by atomic mass is 16.5. The van der Waals surface area contributed by atoms with Crippen molar-refractivity contribution in [3.8, 4) is 23.0 Å². The van der Waals surface area contributed by atoms with Gasteiger partial charge < -0.3 is 18.9 Å². The maximum Gasteiger partial charge on any atom is 0.197 e. The van der Waals surface area contributed by atoms with E-state index in [0.717, 1.165) is 70.7 Å². The molecule has 0 saturated carbocycles. The van der Waals surface area contributed by atoms with E-state index in [0.29, 0.717) is 47.2 Å². The van der Waals surface area contributed by atoms with Gasteiger partial charge in [-0.2, -0.15) is 10.2 Å². The SMILES string of the molecule is CCc1cccc(C(=O)c2cccc(CC)c2N2CCC(c3ccc(OC)c(OC)c3)=N2)c1N1CCC(c2ccc(OC)c(OC)c2)=N1. The summed E-state index contributed by atoms with van der Waals surface area (Å²) in [4.78, 5) is 14.7. The van der Waals surface area contributed by atoms with Crippen molar-refractivity contribution in [1.82, 2.24) is 0 Å². The minimum Gasteiger partial charge on any atom is -0.493 e. The highest BCUT2D eigenvalue weighted by Gasteiger charge is 2.29. The molecule has 248 valence electrons. The number of benzene rings is 4. The second kappa shape index (κ2) is 14.2. The number of methoxy groups -OCH3 is 4. The van der Waals surface area contributed by atoms with Gasteiger partial charge in [-0.05, 0) is 72.5 Å². The normalized spacial score (nSPS) is 14.1. The lowest BCUT2D eigenvalue weighted by atomic mass is 9.94. The highest BCUT2D eigenvalue weighted by molar-refractivity contribution is 6.17. The first-order chi connectivity index (χ1) is 23.4. The van der Waals surface area contributed by atoms with Gasteiger partial charge >= 0.3 is 0 Å². The van der Waals surface area contributed by atoms with Crippen molar-refractivity contribution >= 4 is 28.6 Å². The molecule has 0 bridgehead atoms. The third-order valence-electron chi connectivity index (χ3n) is 9.04. The zero-order valence-corrected chi connectivity index (χ0v) is 28.5. The van der Waals surface area contributed by atoms with Gasteiger partial charge in [-0.3, -0.25) is 14.8 Å². The molecule has 0 spiro atoms. The number of para-hydroxylation sites is 2. The van der Waals surface area contributed by atoms with Crippen LogP contribution in [0.2, 0.25) is 0 Å². The van der Waals surface area contributed by atoms with E-state index in [1.807, 2.05) is 70.7 Å². The summed E-state index contributed by atoms with van der Waals surface area (Å²) < 4.78 is 22.0. The van der Waals surface area contributed by atoms with E-state index in [1.54, 1.807) is 28.4 Å². The number of ketones is 1. The molecule has 0 unspecified atom stereocenters. The zero-order valence-electron chi connectivity index (χ0n) is 28.5. The number of aryl methyl sites for hydroxylation is 2. The molecule has 0 aliphatic carbocycles. The van der Waals surface area contributed by atoms with Crippen LogP contribution < -0.4 is 29.0 Å². The van der Waals surface area contributed by atoms with Crippen molar-refractivity contribution in [3.63, 3.8) is 0 Å². The van der Waals surface area contributed by atoms with Gasteiger partial charge in [-0.25, -0.2) is 0 Å². The number of carbonyl (C=O) groups is 1. The molecule has 0 fully saturated rings. The van der Waals surface area contributed by atoms with Crippen LogP contribution in [0.25, 0.3) is 0 Å². The average Bonchev–Trinajstić information content (AvgIpc) is 3.84. The van der Waals surface area contributed by atoms with Crippen LogP contribution in [0.5, 0.6) is 23.0 Å². The van der Waals surface area contributed by atoms with E-state index in [9.17, 15) is 4.79 Å². The molecule has 0 radical (unpaired) electrons. The van der Waals surface area contributed by atoms with Crippen molar-refractivity contribution in [3.05, 3.63) is 106 Å². The minimum atomic E-state index is -0.0462. The van der Waals surface area contributed by atoms with E-state index in [1.165, 1.54) is 0 Å². The number of ether oxygens (including phenoxy) is 4. The maximum atomic E-state index is 14.7. The summed E-state index contributed by atoms with van der Waals surface area (Å²) in [7, 11) is 6.52. The van der Waals surface area contributed by atoms with E-state index in [4.69, 9.17) is 29.2 Å². The molecule has 4 aromatic rings. The molecule has 9 nitrogen and oxygen atoms in total. The van der Waals surface area contributed by atoms with Crippen LogP contribution in [0.1, 0.15) is 64.9 Å². The largest absolute Gasteiger partial charge is 0.493 e. The van der Waals surface area contributed by atoms with Crippen LogP contribution in [0.15, 0.2) is 83.0 Å². The van der Waals surface area contributed by atoms with Crippen molar-refractivity contribution in [2.24, 2.45) is 10.2 Å². The average molecular weight is 647 g/mol. The summed E-state index contributed by atoms with van der Waals surface area (Å²) >= 11 is 0. The molecule has 0 amide bonds. The van der Waals surface area contributed by atoms with Crippen LogP contribution in [-0.2, 0) is 12.8 Å². The Morgan fingerprint density at radius 3 is 1.40 bits per heavy atom. The molecule has 6 rings (SSSR count). The van der Waals surface area contributed by atoms with E-state index >= 15 is 0 Å². The van der Waals surface area contributed by atoms with Crippen LogP contribution in [0.4, 0.5) is 11.4 Å². The Hall–Kier alpha value is -5.31. The molecule has 2 aliphatic heterocycles. The summed E-state index contributed by atoms with van der Waals surface area (Å²) in [5, 5.41) is 14.1. The molecular weight excluding hydrogens is 604 g/mol. The summed E-state index contributed by atoms with van der Waals surface area (Å²) in [5.74, 6) is 2.61. The number of rotatable bonds is 12. The van der Waals surface area contributed by atoms with E-state index < -0.39 is 0 Å². The number of nitrogens with zero attached hydrogens (tertiary/aromatic N) is 4. The number of carbonyl (C=O) groups excluding carboxylic acids is 1. The Labute approximate surface area is 282 Å². The lowest BCUT2D eigenvalue weighted by Gasteiger charge is -2.24. The number of hydrazone groups is 2. The number of hydrogen-bond acceptors (Lipinski definition) is 9. The van der Waals surface area contributed by atoms with Gasteiger partial charge in [0.25, 0.3) is 0 Å². The maximum absolute atomic E-state index is 14.7. The van der Waals surface area contributed by atoms with Crippen LogP contribution >= 0.6 is 0 Å². The quantitative estimate of drug-likeness (QED) is 0.149. The van der Waals surface area contributed by atoms with E-state index in [-0.39, 0.29) is 5.78 Å². The molecule has 4 aromatic carbocycles. The highest BCUT2D eigenvalue weighted by Crippen LogP contribution is 2.37. The smallest absolute Gasteiger partial charge is 0.197 e. The van der Waals surface area contributed by atoms with Crippen molar-refractivity contribution in [2.45, 2.75) is 39.5 Å². The summed E-state index contributed by atoms with van der Waals surface area (Å²) in [6.45, 7) is 5.54. The first kappa shape index (κ1) is 32.6. The van der Waals surface area contributed by atoms with Crippen molar-refractivity contribution in [1.29, 1.82) is 0 Å². The predicted molar refractivity (Wildman–Crippen MR) is 191 cm³/mol. The van der Waals surface area contributed by atoms with Crippen LogP contribution in [-0.4, -0.2) is 58.7 Å². The molecule has 0 saturated heterocycles. The molecule has 9 heteroatoms. The van der Waals surface area contributed by atoms with Gasteiger partial charge in [-0.15, -0.1) is 0 Å². The molecular formula is C39H42N4O5. The fourth-order valence-corrected chi connectivity index (χ4v) is 6.55. The van der Waals surface area contributed by atoms with Gasteiger partial charge in [0.15, 0.2) is 28.8 Å². The molecule has 0 N–H and O–H groups in total. The van der Waals surface area contributed by atoms with Gasteiger partial charge in [-0.1, -0.05) is 38.1 Å². The molecule has 0 atom stereocenters. The topological polar surface area (TPSA) is 85.2 Å². The standard InChI is InChI=1S/C39H42N4O5/c1-7-25-11-9-13-29(37(25)42-21-19-31(40-42)27-15-17-33(45-3)35(23-27)47-5)39(44)30-14-10-12-26(8-2)38(30)43-22-20-32(41-43)28-16-18-34(46-4)36(24-28)48-6/h9-18,23-24H,7-8,19-22H2,1-6H3. The number of anilines is 2. The predicted octanol–water partition coefficient (Wildman–Crippen LogP) is 7.31. The zero-order chi connectivity index (χ0) is 33.8. The Morgan fingerprint density at radius 2 is 1.02 bits per heavy atom. The third-order valence-corrected chi connectivity index (χ3v) is 9.04. The molecule has 2 heterocycles. The summed E-state index contributed by atoms with van der Waals surface area (Å²) in [6, 6.07) is 23.6. The second-order valence-electron chi connectivity index (χ2n) is 11.6. The lowest BCUT2D eigenvalue weighted by molar-refractivity contribution is 0.103. The Morgan fingerprint density at radius 1 is 0.604 bits per heavy atom. The lowest BCUT2D eigenvalue weighted by Crippen LogP contribution is -2.21. The second-order valence-corrected chi connectivity index (χ2v) is 11.6. The Balaban J connectivity index is 1.38. The van der Waals surface area contributed by atoms with Crippen LogP contribution in [0.3, 0.4) is 0 Å². The molecule has 2 aliphatic rings. The van der Waals surface area contributed by atoms with Crippen molar-refractivity contribution in [2.75, 3.05) is 51.5 Å². The first-order valence-corrected chi connectivity index (χ1v) is 16.4. The van der Waals surface area contributed by atoms with Gasteiger partial charge in [0.1, 0.15) is 0 Å². The van der Waals surface area contributed by atoms with Crippen molar-refractivity contribution < 1.29 is 23.7 Å². The Kier molecular flexibility index (Phi) is 9.66. The molecule has 0 aromatic heterocycles. The number of hydrogen-bond donors (Lipinski definition) is 0. The van der Waals surface area contributed by atoms with Gasteiger partial charge in [0, 0.05) is 48.2 Å². The minimum absolute atomic E-state index is 0.0462.